The number of hydrogen-bond donors (Lipinski definition) is 0. The predicted octanol–water partition coefficient (Wildman–Crippen LogP) is 4.63. The van der Waals surface area contributed by atoms with E-state index in [1.54, 1.807) is 0 Å². The summed E-state index contributed by atoms with van der Waals surface area (Å²) in [6, 6.07) is 0.425. The molecule has 0 N–H and O–H groups in total. The summed E-state index contributed by atoms with van der Waals surface area (Å²) in [6.07, 6.45) is 7.15. The highest BCUT2D eigenvalue weighted by atomic mass is 15.2. The number of hydrogen-bond acceptors (Lipinski definition) is 1. The molecule has 0 bridgehead atoms. The third kappa shape index (κ3) is 3.01. The van der Waals surface area contributed by atoms with Crippen LogP contribution >= 0.6 is 0 Å². The lowest BCUT2D eigenvalue weighted by atomic mass is 10.0. The Morgan fingerprint density at radius 2 is 1.81 bits per heavy atom. The third-order valence-corrected chi connectivity index (χ3v) is 3.35. The average Bonchev–Trinajstić information content (AvgIpc) is 2.54. The number of allylic oxidation sites excluding steroid dienone is 2. The summed E-state index contributed by atoms with van der Waals surface area (Å²) in [5.74, 6) is 0. The van der Waals surface area contributed by atoms with Gasteiger partial charge >= 0.3 is 0 Å². The molecule has 1 nitrogen and oxygen atoms in total. The van der Waals surface area contributed by atoms with Crippen LogP contribution in [0, 0.1) is 0 Å². The quantitative estimate of drug-likeness (QED) is 0.465. The third-order valence-electron chi connectivity index (χ3n) is 3.35. The molecular formula is C15H25N. The molecule has 1 saturated heterocycles. The zero-order valence-electron chi connectivity index (χ0n) is 10.9. The lowest BCUT2D eigenvalue weighted by molar-refractivity contribution is 0.345. The summed E-state index contributed by atoms with van der Waals surface area (Å²) in [5.41, 5.74) is 3.67. The smallest absolute Gasteiger partial charge is 0.0539 e. The molecule has 0 aromatic heterocycles. The van der Waals surface area contributed by atoms with Crippen molar-refractivity contribution in [3.8, 4) is 0 Å². The van der Waals surface area contributed by atoms with E-state index in [1.165, 1.54) is 42.7 Å². The highest BCUT2D eigenvalue weighted by Crippen LogP contribution is 2.34. The Balaban J connectivity index is 2.65. The van der Waals surface area contributed by atoms with Crippen LogP contribution < -0.4 is 0 Å². The highest BCUT2D eigenvalue weighted by Gasteiger charge is 2.26. The van der Waals surface area contributed by atoms with E-state index >= 15 is 0 Å². The van der Waals surface area contributed by atoms with E-state index in [4.69, 9.17) is 0 Å². The van der Waals surface area contributed by atoms with Crippen LogP contribution in [0.1, 0.15) is 52.4 Å². The van der Waals surface area contributed by atoms with Crippen molar-refractivity contribution >= 4 is 0 Å². The molecule has 1 atom stereocenters. The molecule has 1 fully saturated rings. The van der Waals surface area contributed by atoms with Crippen molar-refractivity contribution in [3.63, 3.8) is 0 Å². The average molecular weight is 219 g/mol. The Labute approximate surface area is 101 Å². The molecule has 0 aromatic rings. The summed E-state index contributed by atoms with van der Waals surface area (Å²) in [6.45, 7) is 16.8. The van der Waals surface area contributed by atoms with Gasteiger partial charge in [0.2, 0.25) is 0 Å². The van der Waals surface area contributed by atoms with Crippen LogP contribution in [0.15, 0.2) is 36.7 Å². The molecule has 0 radical (unpaired) electrons. The normalized spacial score (nSPS) is 18.0. The monoisotopic (exact) mass is 219 g/mol. The predicted molar refractivity (Wildman–Crippen MR) is 72.1 cm³/mol. The maximum atomic E-state index is 4.14. The number of unbranched alkanes of at least 4 members (excludes halogenated alkanes) is 2. The van der Waals surface area contributed by atoms with Crippen molar-refractivity contribution in [3.05, 3.63) is 36.7 Å². The molecule has 0 aromatic carbocycles. The molecule has 1 aliphatic rings. The lowest BCUT2D eigenvalue weighted by Gasteiger charge is -2.32. The minimum atomic E-state index is 0.425. The second kappa shape index (κ2) is 5.93. The standard InChI is InChI=1S/C15H25N/c1-6-7-8-9-15(12(2)3)16-13(4)10-11-14(16)5/h15H,2,4-11H2,1,3H3. The van der Waals surface area contributed by atoms with Crippen molar-refractivity contribution in [1.29, 1.82) is 0 Å². The largest absolute Gasteiger partial charge is 0.343 e. The van der Waals surface area contributed by atoms with E-state index in [1.807, 2.05) is 0 Å². The van der Waals surface area contributed by atoms with Gasteiger partial charge in [0.1, 0.15) is 0 Å². The van der Waals surface area contributed by atoms with Gasteiger partial charge in [-0.1, -0.05) is 51.5 Å². The second-order valence-electron chi connectivity index (χ2n) is 4.86. The molecule has 1 aliphatic heterocycles. The Hall–Kier alpha value is -0.980. The van der Waals surface area contributed by atoms with Crippen molar-refractivity contribution in [2.24, 2.45) is 0 Å². The molecule has 1 unspecified atom stereocenters. The first-order valence-corrected chi connectivity index (χ1v) is 6.38. The van der Waals surface area contributed by atoms with E-state index in [-0.39, 0.29) is 0 Å². The van der Waals surface area contributed by atoms with Gasteiger partial charge in [0.15, 0.2) is 0 Å². The maximum Gasteiger partial charge on any atom is 0.0539 e. The molecule has 0 aliphatic carbocycles. The van der Waals surface area contributed by atoms with Crippen molar-refractivity contribution in [2.45, 2.75) is 58.4 Å². The Morgan fingerprint density at radius 1 is 1.25 bits per heavy atom. The van der Waals surface area contributed by atoms with E-state index in [2.05, 4.69) is 38.5 Å². The zero-order chi connectivity index (χ0) is 12.1. The van der Waals surface area contributed by atoms with Gasteiger partial charge in [-0.15, -0.1) is 0 Å². The van der Waals surface area contributed by atoms with Crippen LogP contribution in [0.25, 0.3) is 0 Å². The van der Waals surface area contributed by atoms with E-state index in [0.29, 0.717) is 6.04 Å². The minimum absolute atomic E-state index is 0.425. The molecule has 1 rings (SSSR count). The van der Waals surface area contributed by atoms with Gasteiger partial charge in [0, 0.05) is 11.4 Å². The second-order valence-corrected chi connectivity index (χ2v) is 4.86. The van der Waals surface area contributed by atoms with Crippen molar-refractivity contribution < 1.29 is 0 Å². The highest BCUT2D eigenvalue weighted by molar-refractivity contribution is 5.22. The van der Waals surface area contributed by atoms with Gasteiger partial charge in [-0.05, 0) is 26.2 Å². The topological polar surface area (TPSA) is 3.24 Å². The van der Waals surface area contributed by atoms with Gasteiger partial charge in [0.25, 0.3) is 0 Å². The molecule has 1 heterocycles. The molecular weight excluding hydrogens is 194 g/mol. The number of nitrogens with zero attached hydrogens (tertiary/aromatic N) is 1. The van der Waals surface area contributed by atoms with Crippen LogP contribution in [-0.2, 0) is 0 Å². The summed E-state index contributed by atoms with van der Waals surface area (Å²) in [7, 11) is 0. The Bertz CT molecular complexity index is 272. The summed E-state index contributed by atoms with van der Waals surface area (Å²) >= 11 is 0. The van der Waals surface area contributed by atoms with Gasteiger partial charge in [0.05, 0.1) is 6.04 Å². The Kier molecular flexibility index (Phi) is 4.85. The zero-order valence-corrected chi connectivity index (χ0v) is 10.9. The van der Waals surface area contributed by atoms with Crippen molar-refractivity contribution in [1.82, 2.24) is 4.90 Å². The number of rotatable bonds is 6. The fourth-order valence-electron chi connectivity index (χ4n) is 2.38. The van der Waals surface area contributed by atoms with Crippen LogP contribution in [0.5, 0.6) is 0 Å². The summed E-state index contributed by atoms with van der Waals surface area (Å²) in [4.78, 5) is 2.32. The molecule has 0 amide bonds. The fraction of sp³-hybridized carbons (Fsp3) is 0.600. The van der Waals surface area contributed by atoms with Crippen LogP contribution in [0.2, 0.25) is 0 Å². The SMILES string of the molecule is C=C(C)C(CCCCC)N1C(=C)CCC1=C. The van der Waals surface area contributed by atoms with Gasteiger partial charge in [-0.2, -0.15) is 0 Å². The van der Waals surface area contributed by atoms with Gasteiger partial charge in [-0.3, -0.25) is 0 Å². The minimum Gasteiger partial charge on any atom is -0.343 e. The molecule has 90 valence electrons. The van der Waals surface area contributed by atoms with Crippen LogP contribution in [0.3, 0.4) is 0 Å². The first-order valence-electron chi connectivity index (χ1n) is 6.38. The van der Waals surface area contributed by atoms with E-state index < -0.39 is 0 Å². The van der Waals surface area contributed by atoms with Crippen molar-refractivity contribution in [2.75, 3.05) is 0 Å². The molecule has 0 saturated carbocycles. The van der Waals surface area contributed by atoms with E-state index in [9.17, 15) is 0 Å². The first-order chi connectivity index (χ1) is 7.57. The van der Waals surface area contributed by atoms with Gasteiger partial charge in [-0.25, -0.2) is 0 Å². The number of likely N-dealkylation sites (tertiary alicyclic amines) is 1. The summed E-state index contributed by atoms with van der Waals surface area (Å²) in [5, 5.41) is 0. The summed E-state index contributed by atoms with van der Waals surface area (Å²) < 4.78 is 0. The van der Waals surface area contributed by atoms with E-state index in [0.717, 1.165) is 12.8 Å². The Morgan fingerprint density at radius 3 is 2.25 bits per heavy atom. The fourth-order valence-corrected chi connectivity index (χ4v) is 2.38. The van der Waals surface area contributed by atoms with Gasteiger partial charge < -0.3 is 4.90 Å². The first kappa shape index (κ1) is 13.1. The maximum absolute atomic E-state index is 4.14. The molecule has 0 spiro atoms. The lowest BCUT2D eigenvalue weighted by Crippen LogP contribution is -2.30. The molecule has 1 heteroatoms. The van der Waals surface area contributed by atoms with Crippen LogP contribution in [-0.4, -0.2) is 10.9 Å². The molecule has 16 heavy (non-hydrogen) atoms. The van der Waals surface area contributed by atoms with Crippen LogP contribution in [0.4, 0.5) is 0 Å².